The van der Waals surface area contributed by atoms with E-state index in [9.17, 15) is 9.59 Å². The number of ether oxygens (including phenoxy) is 2. The Balaban J connectivity index is 1.89. The van der Waals surface area contributed by atoms with Crippen LogP contribution in [0, 0.1) is 0 Å². The minimum Gasteiger partial charge on any atom is -0.466 e. The van der Waals surface area contributed by atoms with Gasteiger partial charge in [0.15, 0.2) is 0 Å². The maximum absolute atomic E-state index is 11.4. The molecule has 0 amide bonds. The van der Waals surface area contributed by atoms with Gasteiger partial charge in [0, 0.05) is 11.1 Å². The zero-order valence-corrected chi connectivity index (χ0v) is 14.1. The lowest BCUT2D eigenvalue weighted by atomic mass is 10.1. The fourth-order valence-corrected chi connectivity index (χ4v) is 2.53. The summed E-state index contributed by atoms with van der Waals surface area (Å²) in [4.78, 5) is 27.7. The van der Waals surface area contributed by atoms with E-state index in [-0.39, 0.29) is 18.4 Å². The summed E-state index contributed by atoms with van der Waals surface area (Å²) in [6, 6.07) is 6.83. The van der Waals surface area contributed by atoms with Crippen LogP contribution in [0.4, 0.5) is 5.13 Å². The zero-order valence-electron chi connectivity index (χ0n) is 13.3. The number of nitrogens with one attached hydrogen (secondary N) is 1. The molecule has 0 bridgehead atoms. The topological polar surface area (TPSA) is 89.9 Å². The highest BCUT2D eigenvalue weighted by molar-refractivity contribution is 7.15. The van der Waals surface area contributed by atoms with E-state index < -0.39 is 0 Å². The van der Waals surface area contributed by atoms with Crippen LogP contribution in [-0.2, 0) is 20.7 Å². The Morgan fingerprint density at radius 2 is 2.08 bits per heavy atom. The summed E-state index contributed by atoms with van der Waals surface area (Å²) in [5, 5.41) is 4.66. The molecule has 126 valence electrons. The van der Waals surface area contributed by atoms with Crippen molar-refractivity contribution in [2.75, 3.05) is 19.1 Å². The van der Waals surface area contributed by atoms with E-state index >= 15 is 0 Å². The number of thiazole rings is 1. The van der Waals surface area contributed by atoms with E-state index in [1.54, 1.807) is 43.6 Å². The van der Waals surface area contributed by atoms with Gasteiger partial charge in [-0.2, -0.15) is 5.10 Å². The van der Waals surface area contributed by atoms with Gasteiger partial charge in [0.05, 0.1) is 31.9 Å². The second-order valence-electron chi connectivity index (χ2n) is 4.60. The maximum Gasteiger partial charge on any atom is 0.337 e. The molecule has 0 saturated heterocycles. The predicted octanol–water partition coefficient (Wildman–Crippen LogP) is 2.48. The van der Waals surface area contributed by atoms with Gasteiger partial charge in [-0.3, -0.25) is 10.2 Å². The third kappa shape index (κ3) is 5.17. The first-order valence-electron chi connectivity index (χ1n) is 7.20. The monoisotopic (exact) mass is 347 g/mol. The summed E-state index contributed by atoms with van der Waals surface area (Å²) >= 11 is 1.33. The van der Waals surface area contributed by atoms with Crippen LogP contribution in [-0.4, -0.2) is 36.9 Å². The summed E-state index contributed by atoms with van der Waals surface area (Å²) in [6.45, 7) is 2.13. The fraction of sp³-hybridized carbons (Fsp3) is 0.250. The van der Waals surface area contributed by atoms with Crippen molar-refractivity contribution in [1.82, 2.24) is 4.98 Å². The lowest BCUT2D eigenvalue weighted by Gasteiger charge is -1.99. The highest BCUT2D eigenvalue weighted by atomic mass is 32.1. The van der Waals surface area contributed by atoms with E-state index in [0.717, 1.165) is 10.4 Å². The Kier molecular flexibility index (Phi) is 6.44. The standard InChI is InChI=1S/C16H17N3O4S/c1-3-23-14(20)8-13-10-17-16(24-13)19-18-9-11-4-6-12(7-5-11)15(21)22-2/h4-7,9-10H,3,8H2,1-2H3,(H,17,19)/b18-9+. The van der Waals surface area contributed by atoms with Crippen LogP contribution in [0.5, 0.6) is 0 Å². The van der Waals surface area contributed by atoms with Crippen molar-refractivity contribution in [1.29, 1.82) is 0 Å². The number of carbonyl (C=O) groups is 2. The molecule has 0 atom stereocenters. The molecule has 0 saturated carbocycles. The number of hydrogen-bond acceptors (Lipinski definition) is 8. The average molecular weight is 347 g/mol. The molecule has 7 nitrogen and oxygen atoms in total. The maximum atomic E-state index is 11.4. The molecule has 0 spiro atoms. The number of hydrogen-bond donors (Lipinski definition) is 1. The van der Waals surface area contributed by atoms with Crippen molar-refractivity contribution in [3.8, 4) is 0 Å². The number of hydrazone groups is 1. The number of anilines is 1. The number of aromatic nitrogens is 1. The quantitative estimate of drug-likeness (QED) is 0.470. The summed E-state index contributed by atoms with van der Waals surface area (Å²) < 4.78 is 9.52. The van der Waals surface area contributed by atoms with Crippen molar-refractivity contribution >= 4 is 34.6 Å². The van der Waals surface area contributed by atoms with E-state index in [1.807, 2.05) is 0 Å². The van der Waals surface area contributed by atoms with Gasteiger partial charge in [0.1, 0.15) is 0 Å². The van der Waals surface area contributed by atoms with Crippen molar-refractivity contribution in [3.05, 3.63) is 46.5 Å². The van der Waals surface area contributed by atoms with Gasteiger partial charge in [-0.15, -0.1) is 0 Å². The molecule has 1 aromatic carbocycles. The van der Waals surface area contributed by atoms with Gasteiger partial charge in [-0.05, 0) is 24.6 Å². The Morgan fingerprint density at radius 1 is 1.33 bits per heavy atom. The first-order chi connectivity index (χ1) is 11.6. The highest BCUT2D eigenvalue weighted by Crippen LogP contribution is 2.18. The fourth-order valence-electron chi connectivity index (χ4n) is 1.78. The molecule has 8 heteroatoms. The van der Waals surface area contributed by atoms with Crippen molar-refractivity contribution in [2.24, 2.45) is 5.10 Å². The molecule has 0 fully saturated rings. The van der Waals surface area contributed by atoms with Gasteiger partial charge in [0.25, 0.3) is 0 Å². The molecular weight excluding hydrogens is 330 g/mol. The molecule has 0 unspecified atom stereocenters. The minimum atomic E-state index is -0.381. The van der Waals surface area contributed by atoms with Crippen LogP contribution in [0.2, 0.25) is 0 Å². The molecule has 1 heterocycles. The summed E-state index contributed by atoms with van der Waals surface area (Å²) in [6.07, 6.45) is 3.42. The average Bonchev–Trinajstić information content (AvgIpc) is 3.02. The Hall–Kier alpha value is -2.74. The van der Waals surface area contributed by atoms with Gasteiger partial charge in [-0.1, -0.05) is 23.5 Å². The van der Waals surface area contributed by atoms with Gasteiger partial charge < -0.3 is 9.47 Å². The number of nitrogens with zero attached hydrogens (tertiary/aromatic N) is 2. The van der Waals surface area contributed by atoms with Crippen molar-refractivity contribution < 1.29 is 19.1 Å². The molecule has 0 aliphatic heterocycles. The van der Waals surface area contributed by atoms with Crippen LogP contribution in [0.15, 0.2) is 35.6 Å². The van der Waals surface area contributed by atoms with Crippen LogP contribution >= 0.6 is 11.3 Å². The SMILES string of the molecule is CCOC(=O)Cc1cnc(N/N=C/c2ccc(C(=O)OC)cc2)s1. The molecule has 2 rings (SSSR count). The van der Waals surface area contributed by atoms with Gasteiger partial charge in [-0.25, -0.2) is 9.78 Å². The highest BCUT2D eigenvalue weighted by Gasteiger charge is 2.07. The van der Waals surface area contributed by atoms with Crippen LogP contribution in [0.3, 0.4) is 0 Å². The largest absolute Gasteiger partial charge is 0.466 e. The molecule has 2 aromatic rings. The Bertz CT molecular complexity index is 725. The van der Waals surface area contributed by atoms with E-state index in [0.29, 0.717) is 17.3 Å². The first kappa shape index (κ1) is 17.6. The zero-order chi connectivity index (χ0) is 17.4. The van der Waals surface area contributed by atoms with Crippen LogP contribution in [0.25, 0.3) is 0 Å². The number of carbonyl (C=O) groups excluding carboxylic acids is 2. The van der Waals surface area contributed by atoms with Crippen LogP contribution < -0.4 is 5.43 Å². The third-order valence-electron chi connectivity index (χ3n) is 2.88. The van der Waals surface area contributed by atoms with E-state index in [4.69, 9.17) is 4.74 Å². The summed E-state index contributed by atoms with van der Waals surface area (Å²) in [5.74, 6) is -0.657. The number of rotatable bonds is 7. The molecule has 0 aliphatic carbocycles. The lowest BCUT2D eigenvalue weighted by molar-refractivity contribution is -0.142. The van der Waals surface area contributed by atoms with E-state index in [1.165, 1.54) is 18.4 Å². The van der Waals surface area contributed by atoms with E-state index in [2.05, 4.69) is 20.2 Å². The minimum absolute atomic E-state index is 0.200. The molecular formula is C16H17N3O4S. The van der Waals surface area contributed by atoms with Crippen molar-refractivity contribution in [3.63, 3.8) is 0 Å². The van der Waals surface area contributed by atoms with Gasteiger partial charge in [0.2, 0.25) is 5.13 Å². The number of methoxy groups -OCH3 is 1. The second kappa shape index (κ2) is 8.78. The Morgan fingerprint density at radius 3 is 2.75 bits per heavy atom. The predicted molar refractivity (Wildman–Crippen MR) is 91.4 cm³/mol. The Labute approximate surface area is 143 Å². The molecule has 0 aliphatic rings. The first-order valence-corrected chi connectivity index (χ1v) is 8.01. The number of benzene rings is 1. The normalized spacial score (nSPS) is 10.6. The smallest absolute Gasteiger partial charge is 0.337 e. The van der Waals surface area contributed by atoms with Crippen molar-refractivity contribution in [2.45, 2.75) is 13.3 Å². The van der Waals surface area contributed by atoms with Gasteiger partial charge >= 0.3 is 11.9 Å². The number of esters is 2. The second-order valence-corrected chi connectivity index (χ2v) is 5.71. The molecule has 1 N–H and O–H groups in total. The lowest BCUT2D eigenvalue weighted by Crippen LogP contribution is -2.06. The summed E-state index contributed by atoms with van der Waals surface area (Å²) in [5.41, 5.74) is 4.10. The summed E-state index contributed by atoms with van der Waals surface area (Å²) in [7, 11) is 1.34. The van der Waals surface area contributed by atoms with Crippen LogP contribution in [0.1, 0.15) is 27.7 Å². The molecule has 0 radical (unpaired) electrons. The third-order valence-corrected chi connectivity index (χ3v) is 3.79. The molecule has 24 heavy (non-hydrogen) atoms. The molecule has 1 aromatic heterocycles.